The van der Waals surface area contributed by atoms with Gasteiger partial charge in [-0.25, -0.2) is 12.8 Å². The highest BCUT2D eigenvalue weighted by molar-refractivity contribution is 7.96. The van der Waals surface area contributed by atoms with Crippen molar-refractivity contribution in [3.8, 4) is 0 Å². The summed E-state index contributed by atoms with van der Waals surface area (Å²) < 4.78 is 40.5. The van der Waals surface area contributed by atoms with Crippen LogP contribution in [0.1, 0.15) is 22.8 Å². The number of halogens is 2. The molecule has 0 amide bonds. The molecule has 4 rings (SSSR count). The Morgan fingerprint density at radius 1 is 1.03 bits per heavy atom. The fraction of sp³-hybridized carbons (Fsp3) is 0.0870. The maximum Gasteiger partial charge on any atom is 0.214 e. The molecule has 0 spiro atoms. The maximum absolute atomic E-state index is 14.0. The molecule has 0 unspecified atom stereocenters. The van der Waals surface area contributed by atoms with Crippen LogP contribution in [0.15, 0.2) is 82.7 Å². The number of anilines is 2. The molecule has 4 nitrogen and oxygen atoms in total. The molecule has 7 heteroatoms. The van der Waals surface area contributed by atoms with Gasteiger partial charge < -0.3 is 4.90 Å². The summed E-state index contributed by atoms with van der Waals surface area (Å²) in [4.78, 5) is 14.2. The Labute approximate surface area is 179 Å². The molecule has 0 fully saturated rings. The Morgan fingerprint density at radius 3 is 2.47 bits per heavy atom. The van der Waals surface area contributed by atoms with Crippen molar-refractivity contribution in [3.63, 3.8) is 0 Å². The largest absolute Gasteiger partial charge is 0.314 e. The van der Waals surface area contributed by atoms with E-state index in [1.165, 1.54) is 36.5 Å². The van der Waals surface area contributed by atoms with Gasteiger partial charge in [-0.1, -0.05) is 30.7 Å². The Kier molecular flexibility index (Phi) is 5.22. The molecule has 1 aliphatic heterocycles. The fourth-order valence-corrected chi connectivity index (χ4v) is 4.99. The molecule has 152 valence electrons. The average molecular weight is 442 g/mol. The van der Waals surface area contributed by atoms with E-state index in [9.17, 15) is 17.6 Å². The number of hydrogen-bond donors (Lipinski definition) is 0. The van der Waals surface area contributed by atoms with Crippen LogP contribution in [0.5, 0.6) is 0 Å². The van der Waals surface area contributed by atoms with Crippen LogP contribution < -0.4 is 4.90 Å². The summed E-state index contributed by atoms with van der Waals surface area (Å²) in [5, 5.41) is 0.436. The van der Waals surface area contributed by atoms with Crippen molar-refractivity contribution in [2.45, 2.75) is 18.2 Å². The summed E-state index contributed by atoms with van der Waals surface area (Å²) in [5.41, 5.74) is 2.02. The monoisotopic (exact) mass is 441 g/mol. The first-order valence-electron chi connectivity index (χ1n) is 9.26. The second-order valence-corrected chi connectivity index (χ2v) is 9.16. The highest BCUT2D eigenvalue weighted by Gasteiger charge is 2.36. The lowest BCUT2D eigenvalue weighted by Gasteiger charge is -2.29. The first-order chi connectivity index (χ1) is 14.3. The quantitative estimate of drug-likeness (QED) is 0.385. The number of aryl methyl sites for hydroxylation is 1. The van der Waals surface area contributed by atoms with Gasteiger partial charge in [0.15, 0.2) is 0 Å². The fourth-order valence-electron chi connectivity index (χ4n) is 3.34. The maximum atomic E-state index is 14.0. The van der Waals surface area contributed by atoms with Gasteiger partial charge >= 0.3 is 0 Å². The van der Waals surface area contributed by atoms with Gasteiger partial charge in [0.05, 0.1) is 10.6 Å². The van der Waals surface area contributed by atoms with E-state index in [1.54, 1.807) is 11.0 Å². The SMILES string of the molecule is CCc1cccc(N2C=C(C(=O)c3ccc(Cl)cc3)S(=O)(=O)c3ccc(F)cc32)c1. The normalized spacial score (nSPS) is 14.8. The van der Waals surface area contributed by atoms with Crippen molar-refractivity contribution in [2.24, 2.45) is 0 Å². The van der Waals surface area contributed by atoms with Crippen molar-refractivity contribution < 1.29 is 17.6 Å². The number of ketones is 1. The van der Waals surface area contributed by atoms with Gasteiger partial charge in [-0.2, -0.15) is 0 Å². The summed E-state index contributed by atoms with van der Waals surface area (Å²) in [6, 6.07) is 16.9. The zero-order valence-corrected chi connectivity index (χ0v) is 17.5. The Hall–Kier alpha value is -2.96. The van der Waals surface area contributed by atoms with Gasteiger partial charge in [0, 0.05) is 22.5 Å². The molecule has 0 aromatic heterocycles. The molecule has 1 heterocycles. The van der Waals surface area contributed by atoms with Crippen LogP contribution >= 0.6 is 11.6 Å². The molecule has 0 bridgehead atoms. The van der Waals surface area contributed by atoms with Crippen LogP contribution in [0.25, 0.3) is 0 Å². The van der Waals surface area contributed by atoms with E-state index >= 15 is 0 Å². The van der Waals surface area contributed by atoms with Gasteiger partial charge in [0.25, 0.3) is 0 Å². The van der Waals surface area contributed by atoms with Crippen LogP contribution in [0, 0.1) is 5.82 Å². The number of fused-ring (bicyclic) bond motifs is 1. The molecule has 0 atom stereocenters. The molecular weight excluding hydrogens is 425 g/mol. The van der Waals surface area contributed by atoms with Gasteiger partial charge in [-0.15, -0.1) is 0 Å². The predicted molar refractivity (Wildman–Crippen MR) is 115 cm³/mol. The number of Topliss-reactive ketones (excluding diaryl/α,β-unsaturated/α-hetero) is 1. The smallest absolute Gasteiger partial charge is 0.214 e. The standard InChI is InChI=1S/C23H17ClFNO3S/c1-2-15-4-3-5-19(12-15)26-14-22(23(27)16-6-8-17(24)9-7-16)30(28,29)21-11-10-18(25)13-20(21)26/h3-14H,2H2,1H3. The lowest BCUT2D eigenvalue weighted by Crippen LogP contribution is -2.26. The number of benzene rings is 3. The van der Waals surface area contributed by atoms with E-state index in [0.717, 1.165) is 24.1 Å². The van der Waals surface area contributed by atoms with Crippen molar-refractivity contribution in [3.05, 3.63) is 99.8 Å². The third-order valence-electron chi connectivity index (χ3n) is 4.93. The summed E-state index contributed by atoms with van der Waals surface area (Å²) >= 11 is 5.88. The van der Waals surface area contributed by atoms with Crippen molar-refractivity contribution in [2.75, 3.05) is 4.90 Å². The van der Waals surface area contributed by atoms with Crippen LogP contribution in [-0.2, 0) is 16.3 Å². The minimum absolute atomic E-state index is 0.120. The lowest BCUT2D eigenvalue weighted by molar-refractivity contribution is 0.104. The third-order valence-corrected chi connectivity index (χ3v) is 6.98. The number of hydrogen-bond acceptors (Lipinski definition) is 4. The summed E-state index contributed by atoms with van der Waals surface area (Å²) in [5.74, 6) is -1.22. The number of carbonyl (C=O) groups excluding carboxylic acids is 1. The lowest BCUT2D eigenvalue weighted by atomic mass is 10.1. The zero-order valence-electron chi connectivity index (χ0n) is 16.0. The van der Waals surface area contributed by atoms with Crippen LogP contribution in [0.4, 0.5) is 15.8 Å². The van der Waals surface area contributed by atoms with Gasteiger partial charge in [0.2, 0.25) is 15.6 Å². The van der Waals surface area contributed by atoms with Gasteiger partial charge in [-0.05, 0) is 66.6 Å². The summed E-state index contributed by atoms with van der Waals surface area (Å²) in [6.45, 7) is 2.00. The Balaban J connectivity index is 1.93. The molecule has 0 radical (unpaired) electrons. The molecule has 0 N–H and O–H groups in total. The number of nitrogens with zero attached hydrogens (tertiary/aromatic N) is 1. The highest BCUT2D eigenvalue weighted by atomic mass is 35.5. The number of sulfone groups is 1. The summed E-state index contributed by atoms with van der Waals surface area (Å²) in [7, 11) is -4.14. The highest BCUT2D eigenvalue weighted by Crippen LogP contribution is 2.41. The van der Waals surface area contributed by atoms with Crippen LogP contribution in [-0.4, -0.2) is 14.2 Å². The topological polar surface area (TPSA) is 54.5 Å². The molecule has 3 aromatic carbocycles. The molecule has 0 aliphatic carbocycles. The minimum Gasteiger partial charge on any atom is -0.314 e. The van der Waals surface area contributed by atoms with E-state index in [-0.39, 0.29) is 21.1 Å². The molecule has 1 aliphatic rings. The average Bonchev–Trinajstić information content (AvgIpc) is 2.73. The number of rotatable bonds is 4. The minimum atomic E-state index is -4.14. The van der Waals surface area contributed by atoms with Gasteiger partial charge in [0.1, 0.15) is 10.7 Å². The molecule has 3 aromatic rings. The van der Waals surface area contributed by atoms with E-state index in [2.05, 4.69) is 0 Å². The third kappa shape index (κ3) is 3.53. The van der Waals surface area contributed by atoms with Crippen molar-refractivity contribution >= 4 is 38.6 Å². The molecule has 30 heavy (non-hydrogen) atoms. The molecule has 0 saturated carbocycles. The van der Waals surface area contributed by atoms with Crippen molar-refractivity contribution in [1.29, 1.82) is 0 Å². The van der Waals surface area contributed by atoms with E-state index in [4.69, 9.17) is 11.6 Å². The van der Waals surface area contributed by atoms with E-state index < -0.39 is 21.4 Å². The van der Waals surface area contributed by atoms with E-state index in [0.29, 0.717) is 10.7 Å². The zero-order chi connectivity index (χ0) is 21.5. The molecular formula is C23H17ClFNO3S. The van der Waals surface area contributed by atoms with Crippen LogP contribution in [0.2, 0.25) is 5.02 Å². The molecule has 0 saturated heterocycles. The number of carbonyl (C=O) groups is 1. The van der Waals surface area contributed by atoms with Crippen LogP contribution in [0.3, 0.4) is 0 Å². The Morgan fingerprint density at radius 2 is 1.77 bits per heavy atom. The van der Waals surface area contributed by atoms with Gasteiger partial charge in [-0.3, -0.25) is 4.79 Å². The summed E-state index contributed by atoms with van der Waals surface area (Å²) in [6.07, 6.45) is 2.04. The Bertz CT molecular complexity index is 1280. The predicted octanol–water partition coefficient (Wildman–Crippen LogP) is 5.69. The van der Waals surface area contributed by atoms with E-state index in [1.807, 2.05) is 25.1 Å². The first kappa shape index (κ1) is 20.3. The first-order valence-corrected chi connectivity index (χ1v) is 11.1. The number of allylic oxidation sites excluding steroid dienone is 1. The van der Waals surface area contributed by atoms with Crippen molar-refractivity contribution in [1.82, 2.24) is 0 Å². The second-order valence-electron chi connectivity index (χ2n) is 6.84. The second kappa shape index (κ2) is 7.70.